The molecule has 0 saturated carbocycles. The maximum atomic E-state index is 13.0. The van der Waals surface area contributed by atoms with Crippen LogP contribution >= 0.6 is 11.6 Å². The second-order valence-electron chi connectivity index (χ2n) is 7.68. The number of hydrogen-bond acceptors (Lipinski definition) is 4. The highest BCUT2D eigenvalue weighted by Gasteiger charge is 2.32. The van der Waals surface area contributed by atoms with Crippen LogP contribution in [-0.2, 0) is 4.79 Å². The Bertz CT molecular complexity index is 1240. The van der Waals surface area contributed by atoms with Crippen molar-refractivity contribution in [1.29, 1.82) is 0 Å². The van der Waals surface area contributed by atoms with Gasteiger partial charge in [0.1, 0.15) is 5.69 Å². The third-order valence-corrected chi connectivity index (χ3v) is 5.99. The number of rotatable bonds is 6. The number of nitrogens with one attached hydrogen (secondary N) is 1. The van der Waals surface area contributed by atoms with Crippen molar-refractivity contribution in [2.75, 3.05) is 29.3 Å². The Kier molecular flexibility index (Phi) is 6.28. The molecule has 168 valence electrons. The minimum absolute atomic E-state index is 0.0757. The van der Waals surface area contributed by atoms with E-state index in [1.54, 1.807) is 55.7 Å². The van der Waals surface area contributed by atoms with Gasteiger partial charge in [0.05, 0.1) is 10.6 Å². The molecule has 33 heavy (non-hydrogen) atoms. The van der Waals surface area contributed by atoms with Crippen molar-refractivity contribution in [3.05, 3.63) is 93.8 Å². The first-order valence-electron chi connectivity index (χ1n) is 10.2. The molecule has 1 aliphatic rings. The number of amides is 2. The van der Waals surface area contributed by atoms with Crippen molar-refractivity contribution < 1.29 is 14.5 Å². The van der Waals surface area contributed by atoms with Crippen LogP contribution in [0, 0.1) is 10.1 Å². The number of anilines is 2. The van der Waals surface area contributed by atoms with Gasteiger partial charge in [-0.2, -0.15) is 0 Å². The van der Waals surface area contributed by atoms with E-state index < -0.39 is 4.92 Å². The Hall–Kier alpha value is -3.91. The molecule has 8 nitrogen and oxygen atoms in total. The van der Waals surface area contributed by atoms with Gasteiger partial charge < -0.3 is 14.8 Å². The fourth-order valence-corrected chi connectivity index (χ4v) is 4.10. The number of aromatic nitrogens is 1. The molecule has 0 fully saturated rings. The van der Waals surface area contributed by atoms with E-state index in [0.29, 0.717) is 29.5 Å². The van der Waals surface area contributed by atoms with E-state index in [-0.39, 0.29) is 23.4 Å². The zero-order chi connectivity index (χ0) is 23.5. The van der Waals surface area contributed by atoms with Crippen molar-refractivity contribution in [3.63, 3.8) is 0 Å². The molecule has 0 saturated heterocycles. The minimum atomic E-state index is -0.483. The Morgan fingerprint density at radius 1 is 1.24 bits per heavy atom. The van der Waals surface area contributed by atoms with E-state index in [1.807, 2.05) is 6.07 Å². The molecule has 1 unspecified atom stereocenters. The van der Waals surface area contributed by atoms with Gasteiger partial charge in [-0.25, -0.2) is 0 Å². The van der Waals surface area contributed by atoms with E-state index in [1.165, 1.54) is 28.0 Å². The molecule has 4 rings (SSSR count). The topological polar surface area (TPSA) is 99.6 Å². The average Bonchev–Trinajstić information content (AvgIpc) is 3.49. The summed E-state index contributed by atoms with van der Waals surface area (Å²) >= 11 is 6.07. The lowest BCUT2D eigenvalue weighted by Crippen LogP contribution is -2.28. The summed E-state index contributed by atoms with van der Waals surface area (Å²) in [4.78, 5) is 42.2. The SMILES string of the molecule is CN(C(=O)c1ccc[nH]1)c1cccc(/C=C/C(=O)N2CC(CCl)c3ccc([N+](=O)[O-])cc32)c1. The first-order chi connectivity index (χ1) is 15.9. The number of alkyl halides is 1. The van der Waals surface area contributed by atoms with Crippen LogP contribution in [0.4, 0.5) is 17.1 Å². The molecule has 0 bridgehead atoms. The largest absolute Gasteiger partial charge is 0.357 e. The number of H-pyrrole nitrogens is 1. The standard InChI is InChI=1S/C24H21ClN4O4/c1-27(24(31)21-6-3-11-26-21)18-5-2-4-16(12-18)7-10-23(30)28-15-17(14-25)20-9-8-19(29(32)33)13-22(20)28/h2-13,17,26H,14-15H2,1H3/b10-7+. The van der Waals surface area contributed by atoms with Crippen molar-refractivity contribution in [1.82, 2.24) is 4.98 Å². The van der Waals surface area contributed by atoms with Crippen LogP contribution in [0.15, 0.2) is 66.9 Å². The first kappa shape index (κ1) is 22.3. The van der Waals surface area contributed by atoms with Gasteiger partial charge in [-0.05, 0) is 47.5 Å². The number of benzene rings is 2. The lowest BCUT2D eigenvalue weighted by molar-refractivity contribution is -0.384. The van der Waals surface area contributed by atoms with Gasteiger partial charge in [-0.15, -0.1) is 11.6 Å². The van der Waals surface area contributed by atoms with Crippen LogP contribution in [0.3, 0.4) is 0 Å². The molecule has 1 atom stereocenters. The van der Waals surface area contributed by atoms with Crippen molar-refractivity contribution in [3.8, 4) is 0 Å². The van der Waals surface area contributed by atoms with E-state index in [4.69, 9.17) is 11.6 Å². The molecule has 3 aromatic rings. The number of carbonyl (C=O) groups is 2. The summed E-state index contributed by atoms with van der Waals surface area (Å²) in [6.45, 7) is 0.358. The molecule has 0 spiro atoms. The van der Waals surface area contributed by atoms with Crippen LogP contribution in [0.2, 0.25) is 0 Å². The van der Waals surface area contributed by atoms with E-state index >= 15 is 0 Å². The molecule has 2 aromatic carbocycles. The van der Waals surface area contributed by atoms with Crippen LogP contribution in [0.1, 0.15) is 27.5 Å². The second-order valence-corrected chi connectivity index (χ2v) is 7.99. The highest BCUT2D eigenvalue weighted by atomic mass is 35.5. The number of non-ortho nitro benzene ring substituents is 1. The molecule has 0 aliphatic carbocycles. The molecule has 1 N–H and O–H groups in total. The van der Waals surface area contributed by atoms with Gasteiger partial charge in [-0.1, -0.05) is 12.1 Å². The molecular formula is C24H21ClN4O4. The zero-order valence-corrected chi connectivity index (χ0v) is 18.5. The highest BCUT2D eigenvalue weighted by molar-refractivity contribution is 6.18. The summed E-state index contributed by atoms with van der Waals surface area (Å²) in [6.07, 6.45) is 4.76. The number of nitro benzene ring substituents is 1. The van der Waals surface area contributed by atoms with Gasteiger partial charge in [-0.3, -0.25) is 19.7 Å². The Balaban J connectivity index is 1.54. The van der Waals surface area contributed by atoms with Gasteiger partial charge in [0, 0.05) is 55.5 Å². The smallest absolute Gasteiger partial charge is 0.274 e. The molecule has 0 radical (unpaired) electrons. The lowest BCUT2D eigenvalue weighted by atomic mass is 10.0. The van der Waals surface area contributed by atoms with Gasteiger partial charge in [0.2, 0.25) is 0 Å². The van der Waals surface area contributed by atoms with Crippen LogP contribution in [-0.4, -0.2) is 41.2 Å². The molecular weight excluding hydrogens is 444 g/mol. The van der Waals surface area contributed by atoms with Gasteiger partial charge >= 0.3 is 0 Å². The predicted molar refractivity (Wildman–Crippen MR) is 128 cm³/mol. The summed E-state index contributed by atoms with van der Waals surface area (Å²) in [5.41, 5.74) is 3.14. The maximum absolute atomic E-state index is 13.0. The van der Waals surface area contributed by atoms with Gasteiger partial charge in [0.25, 0.3) is 17.5 Å². The Labute approximate surface area is 195 Å². The first-order valence-corrected chi connectivity index (χ1v) is 10.8. The number of fused-ring (bicyclic) bond motifs is 1. The fourth-order valence-electron chi connectivity index (χ4n) is 3.84. The number of carbonyl (C=O) groups excluding carboxylic acids is 2. The molecule has 2 amide bonds. The number of nitro groups is 1. The summed E-state index contributed by atoms with van der Waals surface area (Å²) in [7, 11) is 1.68. The van der Waals surface area contributed by atoms with E-state index in [2.05, 4.69) is 4.98 Å². The minimum Gasteiger partial charge on any atom is -0.357 e. The van der Waals surface area contributed by atoms with Crippen molar-refractivity contribution in [2.24, 2.45) is 0 Å². The second kappa shape index (κ2) is 9.30. The Morgan fingerprint density at radius 2 is 2.06 bits per heavy atom. The fraction of sp³-hybridized carbons (Fsp3) is 0.167. The summed E-state index contributed by atoms with van der Waals surface area (Å²) in [6, 6.07) is 15.2. The zero-order valence-electron chi connectivity index (χ0n) is 17.8. The summed E-state index contributed by atoms with van der Waals surface area (Å²) in [5, 5.41) is 11.2. The number of hydrogen-bond donors (Lipinski definition) is 1. The average molecular weight is 465 g/mol. The van der Waals surface area contributed by atoms with Gasteiger partial charge in [0.15, 0.2) is 0 Å². The number of aromatic amines is 1. The number of nitrogens with zero attached hydrogens (tertiary/aromatic N) is 3. The molecule has 2 heterocycles. The molecule has 1 aromatic heterocycles. The summed E-state index contributed by atoms with van der Waals surface area (Å²) in [5.74, 6) is -0.261. The maximum Gasteiger partial charge on any atom is 0.274 e. The van der Waals surface area contributed by atoms with Crippen molar-refractivity contribution >= 4 is 46.6 Å². The normalized spacial score (nSPS) is 15.0. The third kappa shape index (κ3) is 4.51. The third-order valence-electron chi connectivity index (χ3n) is 5.62. The monoisotopic (exact) mass is 464 g/mol. The number of halogens is 1. The highest BCUT2D eigenvalue weighted by Crippen LogP contribution is 2.39. The molecule has 1 aliphatic heterocycles. The Morgan fingerprint density at radius 3 is 2.76 bits per heavy atom. The van der Waals surface area contributed by atoms with Crippen molar-refractivity contribution in [2.45, 2.75) is 5.92 Å². The van der Waals surface area contributed by atoms with Crippen LogP contribution in [0.5, 0.6) is 0 Å². The lowest BCUT2D eigenvalue weighted by Gasteiger charge is -2.17. The molecule has 9 heteroatoms. The summed E-state index contributed by atoms with van der Waals surface area (Å²) < 4.78 is 0. The van der Waals surface area contributed by atoms with E-state index in [0.717, 1.165) is 11.1 Å². The quantitative estimate of drug-likeness (QED) is 0.250. The van der Waals surface area contributed by atoms with E-state index in [9.17, 15) is 19.7 Å². The van der Waals surface area contributed by atoms with Crippen LogP contribution in [0.25, 0.3) is 6.08 Å². The van der Waals surface area contributed by atoms with Crippen LogP contribution < -0.4 is 9.80 Å². The predicted octanol–water partition coefficient (Wildman–Crippen LogP) is 4.58.